The van der Waals surface area contributed by atoms with Gasteiger partial charge in [0.25, 0.3) is 0 Å². The van der Waals surface area contributed by atoms with Gasteiger partial charge in [-0.15, -0.1) is 0 Å². The van der Waals surface area contributed by atoms with Gasteiger partial charge < -0.3 is 10.2 Å². The molecule has 0 aliphatic carbocycles. The van der Waals surface area contributed by atoms with E-state index in [4.69, 9.17) is 0 Å². The number of rotatable bonds is 5. The van der Waals surface area contributed by atoms with Crippen molar-refractivity contribution in [1.82, 2.24) is 9.97 Å². The predicted molar refractivity (Wildman–Crippen MR) is 85.3 cm³/mol. The molecule has 112 valence electrons. The van der Waals surface area contributed by atoms with Crippen LogP contribution in [0.1, 0.15) is 45.9 Å². The van der Waals surface area contributed by atoms with Crippen LogP contribution in [0.5, 0.6) is 0 Å². The second-order valence-corrected chi connectivity index (χ2v) is 6.15. The van der Waals surface area contributed by atoms with Crippen molar-refractivity contribution in [3.8, 4) is 0 Å². The van der Waals surface area contributed by atoms with Gasteiger partial charge in [0.2, 0.25) is 0 Å². The minimum Gasteiger partial charge on any atom is -0.370 e. The van der Waals surface area contributed by atoms with Crippen LogP contribution in [0.3, 0.4) is 0 Å². The molecule has 2 heterocycles. The third kappa shape index (κ3) is 3.84. The summed E-state index contributed by atoms with van der Waals surface area (Å²) in [6.07, 6.45) is 3.66. The molecule has 0 radical (unpaired) electrons. The average molecular weight is 276 g/mol. The van der Waals surface area contributed by atoms with E-state index in [1.807, 2.05) is 6.92 Å². The molecular formula is C16H28N4. The Morgan fingerprint density at radius 2 is 2.00 bits per heavy atom. The second kappa shape index (κ2) is 6.91. The number of hydrogen-bond acceptors (Lipinski definition) is 4. The Kier molecular flexibility index (Phi) is 5.21. The lowest BCUT2D eigenvalue weighted by Crippen LogP contribution is -2.35. The first-order valence-corrected chi connectivity index (χ1v) is 7.94. The quantitative estimate of drug-likeness (QED) is 0.894. The van der Waals surface area contributed by atoms with E-state index in [0.29, 0.717) is 0 Å². The molecule has 1 fully saturated rings. The molecule has 4 heteroatoms. The molecule has 0 bridgehead atoms. The van der Waals surface area contributed by atoms with Gasteiger partial charge in [0.15, 0.2) is 0 Å². The molecule has 20 heavy (non-hydrogen) atoms. The van der Waals surface area contributed by atoms with Gasteiger partial charge in [-0.2, -0.15) is 0 Å². The van der Waals surface area contributed by atoms with E-state index < -0.39 is 0 Å². The molecule has 1 saturated heterocycles. The molecule has 0 unspecified atom stereocenters. The summed E-state index contributed by atoms with van der Waals surface area (Å²) in [6, 6.07) is 2.10. The van der Waals surface area contributed by atoms with Crippen LogP contribution in [0.25, 0.3) is 0 Å². The standard InChI is InChI=1S/C16H28N4/c1-5-8-17-15-11-16(19-13(4)18-15)20-9-6-14(7-10-20)12(2)3/h11-12,14H,5-10H2,1-4H3,(H,17,18,19). The van der Waals surface area contributed by atoms with Crippen LogP contribution >= 0.6 is 0 Å². The number of piperidine rings is 1. The lowest BCUT2D eigenvalue weighted by atomic mass is 9.87. The lowest BCUT2D eigenvalue weighted by Gasteiger charge is -2.34. The van der Waals surface area contributed by atoms with Crippen LogP contribution in [-0.2, 0) is 0 Å². The highest BCUT2D eigenvalue weighted by Crippen LogP contribution is 2.27. The van der Waals surface area contributed by atoms with E-state index in [0.717, 1.165) is 55.4 Å². The van der Waals surface area contributed by atoms with E-state index in [1.165, 1.54) is 12.8 Å². The second-order valence-electron chi connectivity index (χ2n) is 6.15. The molecule has 0 saturated carbocycles. The van der Waals surface area contributed by atoms with Gasteiger partial charge in [0, 0.05) is 25.7 Å². The highest BCUT2D eigenvalue weighted by atomic mass is 15.2. The summed E-state index contributed by atoms with van der Waals surface area (Å²) >= 11 is 0. The van der Waals surface area contributed by atoms with E-state index in [-0.39, 0.29) is 0 Å². The maximum absolute atomic E-state index is 4.61. The molecule has 0 spiro atoms. The summed E-state index contributed by atoms with van der Waals surface area (Å²) in [4.78, 5) is 11.5. The van der Waals surface area contributed by atoms with Crippen LogP contribution in [0.2, 0.25) is 0 Å². The van der Waals surface area contributed by atoms with E-state index in [9.17, 15) is 0 Å². The molecule has 2 rings (SSSR count). The van der Waals surface area contributed by atoms with Crippen molar-refractivity contribution < 1.29 is 0 Å². The van der Waals surface area contributed by atoms with Crippen LogP contribution in [0.4, 0.5) is 11.6 Å². The number of hydrogen-bond donors (Lipinski definition) is 1. The maximum Gasteiger partial charge on any atom is 0.134 e. The third-order valence-electron chi connectivity index (χ3n) is 4.19. The normalized spacial score (nSPS) is 16.8. The third-order valence-corrected chi connectivity index (χ3v) is 4.19. The largest absolute Gasteiger partial charge is 0.370 e. The fraction of sp³-hybridized carbons (Fsp3) is 0.750. The first-order valence-electron chi connectivity index (χ1n) is 7.94. The first kappa shape index (κ1) is 15.1. The van der Waals surface area contributed by atoms with Gasteiger partial charge in [0.05, 0.1) is 0 Å². The summed E-state index contributed by atoms with van der Waals surface area (Å²) in [6.45, 7) is 12.0. The van der Waals surface area contributed by atoms with Crippen molar-refractivity contribution in [3.63, 3.8) is 0 Å². The van der Waals surface area contributed by atoms with Crippen molar-refractivity contribution in [1.29, 1.82) is 0 Å². The highest BCUT2D eigenvalue weighted by Gasteiger charge is 2.22. The number of nitrogens with one attached hydrogen (secondary N) is 1. The molecular weight excluding hydrogens is 248 g/mol. The molecule has 1 aliphatic heterocycles. The topological polar surface area (TPSA) is 41.0 Å². The molecule has 4 nitrogen and oxygen atoms in total. The Labute approximate surface area is 123 Å². The van der Waals surface area contributed by atoms with E-state index in [2.05, 4.69) is 47.0 Å². The smallest absolute Gasteiger partial charge is 0.134 e. The Morgan fingerprint density at radius 1 is 1.30 bits per heavy atom. The molecule has 0 aromatic carbocycles. The first-order chi connectivity index (χ1) is 9.60. The monoisotopic (exact) mass is 276 g/mol. The van der Waals surface area contributed by atoms with Crippen molar-refractivity contribution in [2.75, 3.05) is 29.9 Å². The zero-order valence-electron chi connectivity index (χ0n) is 13.3. The minimum atomic E-state index is 0.797. The molecule has 0 amide bonds. The van der Waals surface area contributed by atoms with Gasteiger partial charge in [-0.05, 0) is 38.0 Å². The van der Waals surface area contributed by atoms with E-state index >= 15 is 0 Å². The fourth-order valence-corrected chi connectivity index (χ4v) is 2.85. The Hall–Kier alpha value is -1.32. The Balaban J connectivity index is 2.03. The number of anilines is 2. The Bertz CT molecular complexity index is 422. The SMILES string of the molecule is CCCNc1cc(N2CCC(C(C)C)CC2)nc(C)n1. The summed E-state index contributed by atoms with van der Waals surface area (Å²) in [5, 5.41) is 3.36. The van der Waals surface area contributed by atoms with Crippen LogP contribution < -0.4 is 10.2 Å². The Morgan fingerprint density at radius 3 is 2.60 bits per heavy atom. The van der Waals surface area contributed by atoms with Gasteiger partial charge in [-0.1, -0.05) is 20.8 Å². The summed E-state index contributed by atoms with van der Waals surface area (Å²) in [7, 11) is 0. The predicted octanol–water partition coefficient (Wildman–Crippen LogP) is 3.48. The summed E-state index contributed by atoms with van der Waals surface area (Å²) < 4.78 is 0. The highest BCUT2D eigenvalue weighted by molar-refractivity contribution is 5.49. The zero-order chi connectivity index (χ0) is 14.5. The van der Waals surface area contributed by atoms with Crippen molar-refractivity contribution in [3.05, 3.63) is 11.9 Å². The molecule has 1 aromatic heterocycles. The van der Waals surface area contributed by atoms with Gasteiger partial charge in [-0.25, -0.2) is 9.97 Å². The van der Waals surface area contributed by atoms with Gasteiger partial charge in [-0.3, -0.25) is 0 Å². The lowest BCUT2D eigenvalue weighted by molar-refractivity contribution is 0.310. The van der Waals surface area contributed by atoms with E-state index in [1.54, 1.807) is 0 Å². The number of nitrogens with zero attached hydrogens (tertiary/aromatic N) is 3. The van der Waals surface area contributed by atoms with Crippen LogP contribution in [-0.4, -0.2) is 29.6 Å². The summed E-state index contributed by atoms with van der Waals surface area (Å²) in [5.41, 5.74) is 0. The van der Waals surface area contributed by atoms with Gasteiger partial charge in [0.1, 0.15) is 17.5 Å². The zero-order valence-corrected chi connectivity index (χ0v) is 13.3. The molecule has 1 N–H and O–H groups in total. The molecule has 1 aromatic rings. The average Bonchev–Trinajstić information content (AvgIpc) is 2.44. The van der Waals surface area contributed by atoms with Crippen LogP contribution in [0.15, 0.2) is 6.07 Å². The fourth-order valence-electron chi connectivity index (χ4n) is 2.85. The maximum atomic E-state index is 4.61. The van der Waals surface area contributed by atoms with Gasteiger partial charge >= 0.3 is 0 Å². The number of aryl methyl sites for hydroxylation is 1. The minimum absolute atomic E-state index is 0.797. The van der Waals surface area contributed by atoms with Crippen LogP contribution in [0, 0.1) is 18.8 Å². The van der Waals surface area contributed by atoms with Crippen molar-refractivity contribution in [2.24, 2.45) is 11.8 Å². The molecule has 1 aliphatic rings. The van der Waals surface area contributed by atoms with Crippen molar-refractivity contribution >= 4 is 11.6 Å². The summed E-state index contributed by atoms with van der Waals surface area (Å²) in [5.74, 6) is 4.56. The molecule has 0 atom stereocenters. The van der Waals surface area contributed by atoms with Crippen molar-refractivity contribution in [2.45, 2.75) is 47.0 Å². The number of aromatic nitrogens is 2.